The van der Waals surface area contributed by atoms with Crippen LogP contribution in [0.15, 0.2) is 31.1 Å². The molecule has 1 aliphatic rings. The van der Waals surface area contributed by atoms with E-state index in [-0.39, 0.29) is 0 Å². The van der Waals surface area contributed by atoms with Gasteiger partial charge in [-0.25, -0.2) is 4.98 Å². The molecule has 2 heterocycles. The molecule has 3 rings (SSSR count). The second-order valence-corrected chi connectivity index (χ2v) is 6.33. The number of nitrogens with zero attached hydrogens (tertiary/aromatic N) is 1. The minimum absolute atomic E-state index is 0.406. The van der Waals surface area contributed by atoms with Crippen molar-refractivity contribution >= 4 is 39.3 Å². The minimum atomic E-state index is -1.11. The number of benzene rings is 1. The monoisotopic (exact) mass is 354 g/mol. The van der Waals surface area contributed by atoms with E-state index in [9.17, 15) is 9.90 Å². The van der Waals surface area contributed by atoms with Gasteiger partial charge in [0.1, 0.15) is 5.76 Å². The first-order valence-corrected chi connectivity index (χ1v) is 7.51. The van der Waals surface area contributed by atoms with Crippen LogP contribution in [0.3, 0.4) is 0 Å². The zero-order valence-electron chi connectivity index (χ0n) is 10.7. The first-order chi connectivity index (χ1) is 9.45. The van der Waals surface area contributed by atoms with Crippen LogP contribution in [0.1, 0.15) is 23.1 Å². The molecule has 0 radical (unpaired) electrons. The van der Waals surface area contributed by atoms with E-state index in [1.807, 2.05) is 13.8 Å². The molecule has 0 saturated carbocycles. The van der Waals surface area contributed by atoms with Crippen molar-refractivity contribution in [2.75, 3.05) is 5.32 Å². The summed E-state index contributed by atoms with van der Waals surface area (Å²) in [4.78, 5) is 16.6. The number of aliphatic hydroxyl groups excluding tert-OH is 1. The Morgan fingerprint density at radius 1 is 1.45 bits per heavy atom. The molecule has 20 heavy (non-hydrogen) atoms. The molecule has 5 nitrogen and oxygen atoms in total. The minimum Gasteiger partial charge on any atom is -0.436 e. The lowest BCUT2D eigenvalue weighted by atomic mass is 10.1. The van der Waals surface area contributed by atoms with Crippen molar-refractivity contribution < 1.29 is 14.3 Å². The SMILES string of the molecule is Cc1nc(Sc2cc3c(cc2Br)C(O)C(=O)N3)oc1C. The van der Waals surface area contributed by atoms with Gasteiger partial charge in [0.15, 0.2) is 6.10 Å². The summed E-state index contributed by atoms with van der Waals surface area (Å²) in [6, 6.07) is 3.54. The van der Waals surface area contributed by atoms with Crippen LogP contribution in [0.5, 0.6) is 0 Å². The number of hydrogen-bond acceptors (Lipinski definition) is 5. The predicted molar refractivity (Wildman–Crippen MR) is 77.8 cm³/mol. The largest absolute Gasteiger partial charge is 0.436 e. The number of aryl methyl sites for hydroxylation is 2. The highest BCUT2D eigenvalue weighted by atomic mass is 79.9. The molecule has 0 saturated heterocycles. The van der Waals surface area contributed by atoms with Crippen molar-refractivity contribution in [1.29, 1.82) is 0 Å². The Balaban J connectivity index is 1.96. The van der Waals surface area contributed by atoms with Crippen LogP contribution in [0.2, 0.25) is 0 Å². The smallest absolute Gasteiger partial charge is 0.261 e. The molecule has 1 aromatic carbocycles. The number of anilines is 1. The number of carbonyl (C=O) groups excluding carboxylic acids is 1. The summed E-state index contributed by atoms with van der Waals surface area (Å²) in [6.07, 6.45) is -1.11. The summed E-state index contributed by atoms with van der Waals surface area (Å²) in [5, 5.41) is 12.9. The summed E-state index contributed by atoms with van der Waals surface area (Å²) >= 11 is 4.80. The number of rotatable bonds is 2. The van der Waals surface area contributed by atoms with Crippen molar-refractivity contribution in [3.63, 3.8) is 0 Å². The maximum atomic E-state index is 11.4. The number of oxazole rings is 1. The van der Waals surface area contributed by atoms with Crippen LogP contribution < -0.4 is 5.32 Å². The van der Waals surface area contributed by atoms with Gasteiger partial charge in [0, 0.05) is 20.6 Å². The number of carbonyl (C=O) groups is 1. The number of halogens is 1. The quantitative estimate of drug-likeness (QED) is 0.865. The van der Waals surface area contributed by atoms with Gasteiger partial charge in [-0.1, -0.05) is 0 Å². The highest BCUT2D eigenvalue weighted by molar-refractivity contribution is 9.10. The summed E-state index contributed by atoms with van der Waals surface area (Å²) in [5.74, 6) is 0.380. The van der Waals surface area contributed by atoms with Gasteiger partial charge in [0.2, 0.25) is 0 Å². The zero-order valence-corrected chi connectivity index (χ0v) is 13.1. The Kier molecular flexibility index (Phi) is 3.35. The van der Waals surface area contributed by atoms with Gasteiger partial charge in [0.25, 0.3) is 11.1 Å². The first kappa shape index (κ1) is 13.7. The zero-order chi connectivity index (χ0) is 14.4. The lowest BCUT2D eigenvalue weighted by Crippen LogP contribution is -2.10. The molecule has 0 bridgehead atoms. The number of amides is 1. The Morgan fingerprint density at radius 2 is 2.20 bits per heavy atom. The van der Waals surface area contributed by atoms with Crippen LogP contribution in [0.25, 0.3) is 0 Å². The van der Waals surface area contributed by atoms with Crippen LogP contribution in [-0.4, -0.2) is 16.0 Å². The predicted octanol–water partition coefficient (Wildman–Crippen LogP) is 3.19. The topological polar surface area (TPSA) is 75.4 Å². The molecule has 1 aromatic heterocycles. The Labute approximate surface area is 127 Å². The normalized spacial score (nSPS) is 17.2. The molecule has 0 spiro atoms. The molecule has 104 valence electrons. The Morgan fingerprint density at radius 3 is 2.85 bits per heavy atom. The van der Waals surface area contributed by atoms with E-state index in [2.05, 4.69) is 26.2 Å². The van der Waals surface area contributed by atoms with Crippen LogP contribution in [-0.2, 0) is 4.79 Å². The van der Waals surface area contributed by atoms with Crippen LogP contribution >= 0.6 is 27.7 Å². The second kappa shape index (κ2) is 4.91. The number of aromatic nitrogens is 1. The lowest BCUT2D eigenvalue weighted by molar-refractivity contribution is -0.123. The highest BCUT2D eigenvalue weighted by Crippen LogP contribution is 2.41. The molecular formula is C13H11BrN2O3S. The number of fused-ring (bicyclic) bond motifs is 1. The van der Waals surface area contributed by atoms with E-state index in [0.29, 0.717) is 16.5 Å². The van der Waals surface area contributed by atoms with Gasteiger partial charge in [0.05, 0.1) is 5.69 Å². The molecule has 2 N–H and O–H groups in total. The molecule has 1 unspecified atom stereocenters. The van der Waals surface area contributed by atoms with Crippen molar-refractivity contribution in [3.8, 4) is 0 Å². The highest BCUT2D eigenvalue weighted by Gasteiger charge is 2.29. The molecule has 7 heteroatoms. The third kappa shape index (κ3) is 2.25. The summed E-state index contributed by atoms with van der Waals surface area (Å²) in [5.41, 5.74) is 2.05. The molecule has 0 aliphatic carbocycles. The molecule has 0 fully saturated rings. The summed E-state index contributed by atoms with van der Waals surface area (Å²) in [6.45, 7) is 3.75. The van der Waals surface area contributed by atoms with Crippen molar-refractivity contribution in [2.45, 2.75) is 30.1 Å². The molecule has 1 atom stereocenters. The van der Waals surface area contributed by atoms with Crippen LogP contribution in [0, 0.1) is 13.8 Å². The maximum absolute atomic E-state index is 11.4. The fourth-order valence-electron chi connectivity index (χ4n) is 1.90. The standard InChI is InChI=1S/C13H11BrN2O3S/c1-5-6(2)19-13(15-5)20-10-4-9-7(3-8(10)14)11(17)12(18)16-9/h3-4,11,17H,1-2H3,(H,16,18). The third-order valence-corrected chi connectivity index (χ3v) is 4.94. The molecule has 1 amide bonds. The van der Waals surface area contributed by atoms with E-state index in [0.717, 1.165) is 20.8 Å². The summed E-state index contributed by atoms with van der Waals surface area (Å²) < 4.78 is 6.31. The van der Waals surface area contributed by atoms with Crippen molar-refractivity contribution in [2.24, 2.45) is 0 Å². The number of hydrogen-bond donors (Lipinski definition) is 2. The van der Waals surface area contributed by atoms with E-state index in [1.165, 1.54) is 11.8 Å². The molecule has 1 aliphatic heterocycles. The van der Waals surface area contributed by atoms with Gasteiger partial charge < -0.3 is 14.8 Å². The van der Waals surface area contributed by atoms with Gasteiger partial charge in [-0.15, -0.1) is 0 Å². The van der Waals surface area contributed by atoms with Gasteiger partial charge in [-0.05, 0) is 53.7 Å². The van der Waals surface area contributed by atoms with E-state index in [1.54, 1.807) is 12.1 Å². The van der Waals surface area contributed by atoms with Gasteiger partial charge >= 0.3 is 0 Å². The van der Waals surface area contributed by atoms with E-state index < -0.39 is 12.0 Å². The fourth-order valence-corrected chi connectivity index (χ4v) is 3.38. The number of aliphatic hydroxyl groups is 1. The third-order valence-electron chi connectivity index (χ3n) is 3.11. The Bertz CT molecular complexity index is 694. The average Bonchev–Trinajstić information content (AvgIpc) is 2.83. The van der Waals surface area contributed by atoms with Crippen LogP contribution in [0.4, 0.5) is 5.69 Å². The number of nitrogens with one attached hydrogen (secondary N) is 1. The molecular weight excluding hydrogens is 344 g/mol. The maximum Gasteiger partial charge on any atom is 0.261 e. The average molecular weight is 355 g/mol. The summed E-state index contributed by atoms with van der Waals surface area (Å²) in [7, 11) is 0. The molecule has 2 aromatic rings. The van der Waals surface area contributed by atoms with Gasteiger partial charge in [-0.3, -0.25) is 4.79 Å². The fraction of sp³-hybridized carbons (Fsp3) is 0.231. The Hall–Kier alpha value is -1.31. The van der Waals surface area contributed by atoms with Crippen molar-refractivity contribution in [1.82, 2.24) is 4.98 Å². The first-order valence-electron chi connectivity index (χ1n) is 5.90. The lowest BCUT2D eigenvalue weighted by Gasteiger charge is -2.06. The van der Waals surface area contributed by atoms with E-state index >= 15 is 0 Å². The van der Waals surface area contributed by atoms with Gasteiger partial charge in [-0.2, -0.15) is 0 Å². The second-order valence-electron chi connectivity index (χ2n) is 4.49. The van der Waals surface area contributed by atoms with Crippen molar-refractivity contribution in [3.05, 3.63) is 33.6 Å². The van der Waals surface area contributed by atoms with E-state index in [4.69, 9.17) is 4.42 Å².